The van der Waals surface area contributed by atoms with Crippen LogP contribution in [0.4, 0.5) is 0 Å². The molecule has 3 saturated carbocycles. The number of para-hydroxylation sites is 2. The molecule has 8 heteroatoms. The van der Waals surface area contributed by atoms with Crippen LogP contribution < -0.4 is 5.56 Å². The standard InChI is InChI=1S/C34H44N4O4/c39-31-10-4-9-30(36(31)19-32(40)41)33-34(42)38(29-8-2-1-7-28(29)35-33)25-12-11-23-5-3-6-24(18-25)37(23)26-14-20-13-21-16-22(17-26)27(21)15-20/h1-2,7-8,20-27,30H,3-6,9-19H2,(H,40,41). The molecular weight excluding hydrogens is 528 g/mol. The van der Waals surface area contributed by atoms with Gasteiger partial charge in [0, 0.05) is 30.6 Å². The van der Waals surface area contributed by atoms with E-state index in [4.69, 9.17) is 4.98 Å². The van der Waals surface area contributed by atoms with E-state index in [1.54, 1.807) is 0 Å². The summed E-state index contributed by atoms with van der Waals surface area (Å²) in [7, 11) is 0. The van der Waals surface area contributed by atoms with Crippen molar-refractivity contribution in [1.82, 2.24) is 19.4 Å². The fourth-order valence-corrected chi connectivity index (χ4v) is 10.7. The second kappa shape index (κ2) is 10.5. The number of fused-ring (bicyclic) bond motifs is 4. The van der Waals surface area contributed by atoms with Gasteiger partial charge in [-0.15, -0.1) is 0 Å². The molecule has 4 heterocycles. The first kappa shape index (κ1) is 26.9. The number of hydrogen-bond donors (Lipinski definition) is 1. The van der Waals surface area contributed by atoms with Gasteiger partial charge in [-0.3, -0.25) is 19.3 Å². The Hall–Kier alpha value is -2.74. The van der Waals surface area contributed by atoms with Crippen molar-refractivity contribution in [2.75, 3.05) is 6.54 Å². The molecular formula is C34H44N4O4. The van der Waals surface area contributed by atoms with Crippen LogP contribution in [0.3, 0.4) is 0 Å². The van der Waals surface area contributed by atoms with Gasteiger partial charge in [0.15, 0.2) is 0 Å². The Morgan fingerprint density at radius 3 is 2.52 bits per heavy atom. The molecule has 3 aliphatic heterocycles. The topological polar surface area (TPSA) is 95.7 Å². The van der Waals surface area contributed by atoms with Crippen LogP contribution in [0.2, 0.25) is 0 Å². The van der Waals surface area contributed by atoms with Crippen LogP contribution in [-0.4, -0.2) is 61.0 Å². The van der Waals surface area contributed by atoms with Gasteiger partial charge in [0.25, 0.3) is 5.56 Å². The normalized spacial score (nSPS) is 38.1. The van der Waals surface area contributed by atoms with Gasteiger partial charge in [0.1, 0.15) is 12.2 Å². The second-order valence-corrected chi connectivity index (χ2v) is 14.5. The summed E-state index contributed by atoms with van der Waals surface area (Å²) in [6.07, 6.45) is 15.5. The number of aromatic nitrogens is 2. The minimum Gasteiger partial charge on any atom is -0.480 e. The molecule has 0 radical (unpaired) electrons. The maximum Gasteiger partial charge on any atom is 0.323 e. The van der Waals surface area contributed by atoms with Gasteiger partial charge in [-0.25, -0.2) is 4.98 Å². The van der Waals surface area contributed by atoms with E-state index in [2.05, 4.69) is 4.90 Å². The molecule has 1 aromatic carbocycles. The number of rotatable bonds is 5. The fourth-order valence-electron chi connectivity index (χ4n) is 10.7. The van der Waals surface area contributed by atoms with E-state index in [9.17, 15) is 19.5 Å². The quantitative estimate of drug-likeness (QED) is 0.522. The number of nitrogens with zero attached hydrogens (tertiary/aromatic N) is 4. The van der Waals surface area contributed by atoms with Crippen LogP contribution in [-0.2, 0) is 9.59 Å². The fraction of sp³-hybridized carbons (Fsp3) is 0.706. The van der Waals surface area contributed by atoms with E-state index < -0.39 is 18.6 Å². The maximum atomic E-state index is 14.5. The number of likely N-dealkylation sites (tertiary alicyclic amines) is 1. The van der Waals surface area contributed by atoms with Crippen LogP contribution in [0.5, 0.6) is 0 Å². The first-order valence-corrected chi connectivity index (χ1v) is 16.7. The van der Waals surface area contributed by atoms with Gasteiger partial charge in [-0.1, -0.05) is 18.6 Å². The largest absolute Gasteiger partial charge is 0.480 e. The number of hydrogen-bond acceptors (Lipinski definition) is 5. The number of carboxylic acid groups (broad SMARTS) is 1. The predicted octanol–water partition coefficient (Wildman–Crippen LogP) is 5.31. The van der Waals surface area contributed by atoms with Crippen LogP contribution in [0, 0.1) is 23.7 Å². The lowest BCUT2D eigenvalue weighted by Gasteiger charge is -2.50. The highest BCUT2D eigenvalue weighted by Crippen LogP contribution is 2.59. The van der Waals surface area contributed by atoms with Crippen molar-refractivity contribution in [3.8, 4) is 0 Å². The number of benzene rings is 1. The molecule has 9 unspecified atom stereocenters. The maximum absolute atomic E-state index is 14.5. The van der Waals surface area contributed by atoms with E-state index >= 15 is 0 Å². The lowest BCUT2D eigenvalue weighted by atomic mass is 9.64. The molecule has 0 spiro atoms. The molecule has 1 aromatic heterocycles. The third kappa shape index (κ3) is 4.42. The first-order chi connectivity index (χ1) is 20.4. The highest BCUT2D eigenvalue weighted by atomic mass is 16.4. The lowest BCUT2D eigenvalue weighted by molar-refractivity contribution is -0.148. The molecule has 6 fully saturated rings. The highest BCUT2D eigenvalue weighted by Gasteiger charge is 2.53. The van der Waals surface area contributed by atoms with Gasteiger partial charge < -0.3 is 14.6 Å². The number of carboxylic acids is 1. The average molecular weight is 573 g/mol. The minimum absolute atomic E-state index is 0.0716. The second-order valence-electron chi connectivity index (χ2n) is 14.5. The summed E-state index contributed by atoms with van der Waals surface area (Å²) in [5.74, 6) is 2.63. The van der Waals surface area contributed by atoms with Crippen LogP contribution in [0.15, 0.2) is 29.1 Å². The molecule has 1 amide bonds. The molecule has 1 N–H and O–H groups in total. The van der Waals surface area contributed by atoms with Crippen molar-refractivity contribution in [3.63, 3.8) is 0 Å². The van der Waals surface area contributed by atoms with Gasteiger partial charge in [0.2, 0.25) is 5.91 Å². The Bertz CT molecular complexity index is 1450. The Labute approximate surface area is 247 Å². The molecule has 8 nitrogen and oxygen atoms in total. The summed E-state index contributed by atoms with van der Waals surface area (Å²) < 4.78 is 2.01. The summed E-state index contributed by atoms with van der Waals surface area (Å²) in [5.41, 5.74) is 1.82. The Morgan fingerprint density at radius 2 is 1.64 bits per heavy atom. The van der Waals surface area contributed by atoms with Crippen molar-refractivity contribution in [2.45, 2.75) is 120 Å². The Morgan fingerprint density at radius 1 is 0.833 bits per heavy atom. The van der Waals surface area contributed by atoms with Gasteiger partial charge >= 0.3 is 5.97 Å². The predicted molar refractivity (Wildman–Crippen MR) is 159 cm³/mol. The molecule has 8 rings (SSSR count). The lowest BCUT2D eigenvalue weighted by Crippen LogP contribution is -2.53. The molecule has 9 atom stereocenters. The molecule has 4 bridgehead atoms. The molecule has 3 aliphatic carbocycles. The number of carbonyl (C=O) groups is 2. The number of aliphatic carboxylic acids is 1. The third-order valence-electron chi connectivity index (χ3n) is 12.3. The van der Waals surface area contributed by atoms with Gasteiger partial charge in [-0.2, -0.15) is 0 Å². The smallest absolute Gasteiger partial charge is 0.323 e. The van der Waals surface area contributed by atoms with Crippen LogP contribution in [0.25, 0.3) is 11.0 Å². The summed E-state index contributed by atoms with van der Waals surface area (Å²) in [5, 5.41) is 9.57. The zero-order chi connectivity index (χ0) is 28.5. The van der Waals surface area contributed by atoms with Crippen molar-refractivity contribution in [1.29, 1.82) is 0 Å². The highest BCUT2D eigenvalue weighted by molar-refractivity contribution is 5.82. The summed E-state index contributed by atoms with van der Waals surface area (Å²) in [6, 6.07) is 9.16. The number of amides is 1. The van der Waals surface area contributed by atoms with E-state index in [0.717, 1.165) is 54.0 Å². The Balaban J connectivity index is 1.16. The van der Waals surface area contributed by atoms with Crippen LogP contribution >= 0.6 is 0 Å². The van der Waals surface area contributed by atoms with E-state index in [-0.39, 0.29) is 17.5 Å². The zero-order valence-electron chi connectivity index (χ0n) is 24.6. The van der Waals surface area contributed by atoms with Gasteiger partial charge in [-0.05, 0) is 113 Å². The average Bonchev–Trinajstić information content (AvgIpc) is 3.14. The van der Waals surface area contributed by atoms with E-state index in [1.165, 1.54) is 56.3 Å². The molecule has 3 saturated heterocycles. The van der Waals surface area contributed by atoms with Gasteiger partial charge in [0.05, 0.1) is 17.1 Å². The molecule has 2 aromatic rings. The van der Waals surface area contributed by atoms with Crippen molar-refractivity contribution < 1.29 is 14.7 Å². The van der Waals surface area contributed by atoms with E-state index in [1.807, 2.05) is 28.8 Å². The minimum atomic E-state index is -1.06. The Kier molecular flexibility index (Phi) is 6.69. The summed E-state index contributed by atoms with van der Waals surface area (Å²) in [6.45, 7) is -0.398. The van der Waals surface area contributed by atoms with Crippen LogP contribution in [0.1, 0.15) is 108 Å². The summed E-state index contributed by atoms with van der Waals surface area (Å²) >= 11 is 0. The SMILES string of the molecule is O=C(O)CN1C(=O)CCCC1c1nc2ccccc2n(C2CCC3CCCC(C2)N3C2CC3CC4CC(C2)C4C3)c1=O. The van der Waals surface area contributed by atoms with E-state index in [0.29, 0.717) is 43.1 Å². The molecule has 6 aliphatic rings. The van der Waals surface area contributed by atoms with Crippen molar-refractivity contribution in [2.24, 2.45) is 23.7 Å². The first-order valence-electron chi connectivity index (χ1n) is 16.7. The van der Waals surface area contributed by atoms with Crippen molar-refractivity contribution in [3.05, 3.63) is 40.3 Å². The number of piperidine rings is 2. The third-order valence-corrected chi connectivity index (χ3v) is 12.3. The van der Waals surface area contributed by atoms with Crippen molar-refractivity contribution >= 4 is 22.9 Å². The number of carbonyl (C=O) groups excluding carboxylic acids is 1. The molecule has 224 valence electrons. The summed E-state index contributed by atoms with van der Waals surface area (Å²) in [4.78, 5) is 48.2. The molecule has 42 heavy (non-hydrogen) atoms. The zero-order valence-corrected chi connectivity index (χ0v) is 24.6. The monoisotopic (exact) mass is 572 g/mol.